The highest BCUT2D eigenvalue weighted by Gasteiger charge is 2.20. The zero-order chi connectivity index (χ0) is 18.6. The first-order chi connectivity index (χ1) is 13.2. The minimum absolute atomic E-state index is 0.474. The molecule has 138 valence electrons. The smallest absolute Gasteiger partial charge is 0.225 e. The Labute approximate surface area is 165 Å². The quantitative estimate of drug-likeness (QED) is 0.678. The van der Waals surface area contributed by atoms with E-state index in [1.165, 1.54) is 16.8 Å². The van der Waals surface area contributed by atoms with E-state index in [4.69, 9.17) is 11.6 Å². The molecule has 0 unspecified atom stereocenters. The van der Waals surface area contributed by atoms with Gasteiger partial charge in [-0.05, 0) is 66.8 Å². The van der Waals surface area contributed by atoms with Crippen LogP contribution in [-0.2, 0) is 0 Å². The first-order valence-corrected chi connectivity index (χ1v) is 9.72. The Morgan fingerprint density at radius 1 is 1.00 bits per heavy atom. The third kappa shape index (κ3) is 4.22. The highest BCUT2D eigenvalue weighted by molar-refractivity contribution is 6.30. The zero-order valence-corrected chi connectivity index (χ0v) is 16.2. The summed E-state index contributed by atoms with van der Waals surface area (Å²) in [7, 11) is 0. The number of nitrogens with one attached hydrogen (secondary N) is 1. The number of nitrogens with zero attached hydrogens (tertiary/aromatic N) is 3. The van der Waals surface area contributed by atoms with Crippen LogP contribution in [0.5, 0.6) is 0 Å². The summed E-state index contributed by atoms with van der Waals surface area (Å²) in [6, 6.07) is 16.9. The van der Waals surface area contributed by atoms with Gasteiger partial charge in [-0.1, -0.05) is 29.8 Å². The Bertz CT molecular complexity index is 905. The number of aromatic nitrogens is 2. The predicted octanol–water partition coefficient (Wildman–Crippen LogP) is 5.19. The summed E-state index contributed by atoms with van der Waals surface area (Å²) in [5, 5.41) is 4.46. The predicted molar refractivity (Wildman–Crippen MR) is 113 cm³/mol. The molecule has 1 aliphatic rings. The molecule has 1 N–H and O–H groups in total. The summed E-state index contributed by atoms with van der Waals surface area (Å²) in [5.74, 6) is 0.831. The first kappa shape index (κ1) is 17.8. The van der Waals surface area contributed by atoms with Gasteiger partial charge in [0.2, 0.25) is 5.95 Å². The first-order valence-electron chi connectivity index (χ1n) is 9.34. The van der Waals surface area contributed by atoms with E-state index in [1.807, 2.05) is 24.3 Å². The Hall–Kier alpha value is -2.59. The molecule has 4 rings (SSSR count). The van der Waals surface area contributed by atoms with E-state index in [1.54, 1.807) is 12.4 Å². The lowest BCUT2D eigenvalue weighted by Gasteiger charge is -2.32. The molecule has 27 heavy (non-hydrogen) atoms. The topological polar surface area (TPSA) is 41.0 Å². The Balaban J connectivity index is 1.40. The molecule has 0 bridgehead atoms. The minimum Gasteiger partial charge on any atom is -0.382 e. The highest BCUT2D eigenvalue weighted by Crippen LogP contribution is 2.29. The minimum atomic E-state index is 0.474. The van der Waals surface area contributed by atoms with Crippen molar-refractivity contribution < 1.29 is 0 Å². The number of rotatable bonds is 4. The number of aryl methyl sites for hydroxylation is 1. The van der Waals surface area contributed by atoms with Crippen molar-refractivity contribution in [1.29, 1.82) is 0 Å². The maximum atomic E-state index is 6.14. The Kier molecular flexibility index (Phi) is 5.26. The summed E-state index contributed by atoms with van der Waals surface area (Å²) in [5.41, 5.74) is 4.80. The van der Waals surface area contributed by atoms with Crippen molar-refractivity contribution in [2.75, 3.05) is 23.3 Å². The standard InChI is InChI=1S/C22H23ClN4/c1-16-14-20(6-7-21(16)17-4-2-5-18(23)15-17)26-19-8-12-27(13-9-19)22-24-10-3-11-25-22/h2-7,10-11,14-15,19,26H,8-9,12-13H2,1H3. The van der Waals surface area contributed by atoms with Crippen molar-refractivity contribution in [2.45, 2.75) is 25.8 Å². The van der Waals surface area contributed by atoms with Crippen molar-refractivity contribution in [1.82, 2.24) is 9.97 Å². The lowest BCUT2D eigenvalue weighted by Crippen LogP contribution is -2.39. The summed E-state index contributed by atoms with van der Waals surface area (Å²) in [6.45, 7) is 4.10. The molecule has 3 aromatic rings. The number of hydrogen-bond acceptors (Lipinski definition) is 4. The number of hydrogen-bond donors (Lipinski definition) is 1. The van der Waals surface area contributed by atoms with Gasteiger partial charge in [-0.15, -0.1) is 0 Å². The monoisotopic (exact) mass is 378 g/mol. The highest BCUT2D eigenvalue weighted by atomic mass is 35.5. The van der Waals surface area contributed by atoms with Crippen LogP contribution in [0.2, 0.25) is 5.02 Å². The van der Waals surface area contributed by atoms with Gasteiger partial charge < -0.3 is 10.2 Å². The molecule has 1 aromatic heterocycles. The van der Waals surface area contributed by atoms with Crippen LogP contribution in [0.15, 0.2) is 60.9 Å². The van der Waals surface area contributed by atoms with Gasteiger partial charge in [-0.25, -0.2) is 9.97 Å². The molecule has 1 fully saturated rings. The van der Waals surface area contributed by atoms with E-state index < -0.39 is 0 Å². The molecule has 4 nitrogen and oxygen atoms in total. The van der Waals surface area contributed by atoms with Crippen LogP contribution in [0.4, 0.5) is 11.6 Å². The van der Waals surface area contributed by atoms with Crippen molar-refractivity contribution >= 4 is 23.2 Å². The molecule has 0 saturated carbocycles. The van der Waals surface area contributed by atoms with Gasteiger partial charge in [0.1, 0.15) is 0 Å². The maximum Gasteiger partial charge on any atom is 0.225 e. The Morgan fingerprint density at radius 3 is 2.48 bits per heavy atom. The van der Waals surface area contributed by atoms with E-state index in [0.29, 0.717) is 6.04 Å². The average molecular weight is 379 g/mol. The number of halogens is 1. The van der Waals surface area contributed by atoms with Crippen LogP contribution in [0.1, 0.15) is 18.4 Å². The summed E-state index contributed by atoms with van der Waals surface area (Å²) >= 11 is 6.14. The van der Waals surface area contributed by atoms with Crippen LogP contribution < -0.4 is 10.2 Å². The van der Waals surface area contributed by atoms with Crippen LogP contribution in [0.3, 0.4) is 0 Å². The van der Waals surface area contributed by atoms with Gasteiger partial charge in [0, 0.05) is 42.2 Å². The van der Waals surface area contributed by atoms with Gasteiger partial charge in [-0.3, -0.25) is 0 Å². The van der Waals surface area contributed by atoms with Crippen LogP contribution in [0, 0.1) is 6.92 Å². The SMILES string of the molecule is Cc1cc(NC2CCN(c3ncccn3)CC2)ccc1-c1cccc(Cl)c1. The summed E-state index contributed by atoms with van der Waals surface area (Å²) in [6.07, 6.45) is 5.76. The number of anilines is 2. The molecule has 5 heteroatoms. The van der Waals surface area contributed by atoms with E-state index in [0.717, 1.165) is 42.5 Å². The summed E-state index contributed by atoms with van der Waals surface area (Å²) in [4.78, 5) is 11.0. The fourth-order valence-electron chi connectivity index (χ4n) is 3.65. The van der Waals surface area contributed by atoms with Crippen molar-refractivity contribution in [2.24, 2.45) is 0 Å². The molecule has 1 saturated heterocycles. The van der Waals surface area contributed by atoms with Crippen molar-refractivity contribution in [3.63, 3.8) is 0 Å². The van der Waals surface area contributed by atoms with Crippen molar-refractivity contribution in [3.05, 3.63) is 71.5 Å². The normalized spacial score (nSPS) is 15.0. The fourth-order valence-corrected chi connectivity index (χ4v) is 3.84. The molecule has 1 aliphatic heterocycles. The van der Waals surface area contributed by atoms with Crippen LogP contribution >= 0.6 is 11.6 Å². The lowest BCUT2D eigenvalue weighted by atomic mass is 9.99. The lowest BCUT2D eigenvalue weighted by molar-refractivity contribution is 0.520. The van der Waals surface area contributed by atoms with Gasteiger partial charge in [0.25, 0.3) is 0 Å². The zero-order valence-electron chi connectivity index (χ0n) is 15.4. The van der Waals surface area contributed by atoms with E-state index in [2.05, 4.69) is 51.4 Å². The van der Waals surface area contributed by atoms with Gasteiger partial charge in [0.05, 0.1) is 0 Å². The third-order valence-corrected chi connectivity index (χ3v) is 5.30. The van der Waals surface area contributed by atoms with Crippen LogP contribution in [-0.4, -0.2) is 29.1 Å². The molecule has 0 radical (unpaired) electrons. The number of benzene rings is 2. The molecular weight excluding hydrogens is 356 g/mol. The molecule has 0 atom stereocenters. The van der Waals surface area contributed by atoms with E-state index in [9.17, 15) is 0 Å². The van der Waals surface area contributed by atoms with Gasteiger partial charge in [-0.2, -0.15) is 0 Å². The van der Waals surface area contributed by atoms with Gasteiger partial charge >= 0.3 is 0 Å². The molecular formula is C22H23ClN4. The summed E-state index contributed by atoms with van der Waals surface area (Å²) < 4.78 is 0. The Morgan fingerprint density at radius 2 is 1.78 bits per heavy atom. The second kappa shape index (κ2) is 7.97. The fraction of sp³-hybridized carbons (Fsp3) is 0.273. The largest absolute Gasteiger partial charge is 0.382 e. The van der Waals surface area contributed by atoms with E-state index >= 15 is 0 Å². The third-order valence-electron chi connectivity index (χ3n) is 5.06. The second-order valence-corrected chi connectivity index (χ2v) is 7.43. The second-order valence-electron chi connectivity index (χ2n) is 6.99. The molecule has 2 heterocycles. The van der Waals surface area contributed by atoms with E-state index in [-0.39, 0.29) is 0 Å². The number of piperidine rings is 1. The van der Waals surface area contributed by atoms with Gasteiger partial charge in [0.15, 0.2) is 0 Å². The molecule has 2 aromatic carbocycles. The molecule has 0 aliphatic carbocycles. The van der Waals surface area contributed by atoms with Crippen molar-refractivity contribution in [3.8, 4) is 11.1 Å². The molecule has 0 spiro atoms. The molecule has 0 amide bonds. The van der Waals surface area contributed by atoms with Crippen LogP contribution in [0.25, 0.3) is 11.1 Å². The average Bonchev–Trinajstić information content (AvgIpc) is 2.69. The maximum absolute atomic E-state index is 6.14.